The second-order valence-corrected chi connectivity index (χ2v) is 10.5. The van der Waals surface area contributed by atoms with Gasteiger partial charge in [-0.15, -0.1) is 0 Å². The molecule has 0 radical (unpaired) electrons. The van der Waals surface area contributed by atoms with Gasteiger partial charge >= 0.3 is 0 Å². The maximum Gasteiger partial charge on any atom is 0.220 e. The maximum atomic E-state index is 12.2. The van der Waals surface area contributed by atoms with Gasteiger partial charge in [-0.05, 0) is 19.3 Å². The van der Waals surface area contributed by atoms with E-state index in [0.29, 0.717) is 6.42 Å². The predicted molar refractivity (Wildman–Crippen MR) is 152 cm³/mol. The molecule has 0 aliphatic rings. The lowest BCUT2D eigenvalue weighted by atomic mass is 10.0. The zero-order valence-corrected chi connectivity index (χ0v) is 23.6. The number of allylic oxidation sites excluding steroid dienone is 1. The zero-order chi connectivity index (χ0) is 25.8. The molecule has 0 heterocycles. The average molecular weight is 496 g/mol. The summed E-state index contributed by atoms with van der Waals surface area (Å²) in [5, 5.41) is 22.7. The number of carbonyl (C=O) groups excluding carboxylic acids is 1. The summed E-state index contributed by atoms with van der Waals surface area (Å²) in [7, 11) is 0. The number of hydrogen-bond acceptors (Lipinski definition) is 3. The highest BCUT2D eigenvalue weighted by Crippen LogP contribution is 2.13. The molecule has 0 saturated heterocycles. The van der Waals surface area contributed by atoms with Crippen LogP contribution in [0.4, 0.5) is 0 Å². The van der Waals surface area contributed by atoms with Crippen LogP contribution in [0.25, 0.3) is 0 Å². The van der Waals surface area contributed by atoms with Gasteiger partial charge in [-0.25, -0.2) is 0 Å². The molecule has 0 rings (SSSR count). The van der Waals surface area contributed by atoms with Gasteiger partial charge in [0.05, 0.1) is 18.8 Å². The van der Waals surface area contributed by atoms with Crippen LogP contribution in [-0.4, -0.2) is 34.9 Å². The summed E-state index contributed by atoms with van der Waals surface area (Å²) in [6, 6.07) is -0.612. The van der Waals surface area contributed by atoms with Gasteiger partial charge in [-0.2, -0.15) is 0 Å². The third-order valence-electron chi connectivity index (χ3n) is 7.02. The van der Waals surface area contributed by atoms with E-state index in [0.717, 1.165) is 25.7 Å². The van der Waals surface area contributed by atoms with Gasteiger partial charge in [0.2, 0.25) is 5.91 Å². The number of rotatable bonds is 27. The molecule has 0 aliphatic carbocycles. The standard InChI is InChI=1S/C31H61NO3/c1-3-5-7-9-11-13-15-16-17-19-21-23-25-27-31(35)32-29(28-33)30(34)26-24-22-20-18-14-12-10-8-6-4-2/h24,26,29-30,33-34H,3-23,25,27-28H2,1-2H3,(H,32,35)/b26-24+/t29-,30+/m0/s1. The Hall–Kier alpha value is -0.870. The second kappa shape index (κ2) is 27.7. The molecular formula is C31H61NO3. The lowest BCUT2D eigenvalue weighted by Gasteiger charge is -2.20. The number of aliphatic hydroxyl groups is 2. The highest BCUT2D eigenvalue weighted by molar-refractivity contribution is 5.76. The van der Waals surface area contributed by atoms with Gasteiger partial charge < -0.3 is 15.5 Å². The molecule has 2 atom stereocenters. The Morgan fingerprint density at radius 1 is 0.657 bits per heavy atom. The number of unbranched alkanes of at least 4 members (excludes halogenated alkanes) is 20. The van der Waals surface area contributed by atoms with Crippen molar-refractivity contribution in [2.75, 3.05) is 6.61 Å². The Morgan fingerprint density at radius 2 is 1.06 bits per heavy atom. The van der Waals surface area contributed by atoms with Crippen LogP contribution in [-0.2, 0) is 4.79 Å². The van der Waals surface area contributed by atoms with Gasteiger partial charge in [-0.1, -0.05) is 148 Å². The Labute approximate surface area is 218 Å². The Morgan fingerprint density at radius 3 is 1.49 bits per heavy atom. The summed E-state index contributed by atoms with van der Waals surface area (Å²) in [6.07, 6.45) is 31.4. The van der Waals surface area contributed by atoms with Crippen LogP contribution in [0.15, 0.2) is 12.2 Å². The third-order valence-corrected chi connectivity index (χ3v) is 7.02. The summed E-state index contributed by atoms with van der Waals surface area (Å²) >= 11 is 0. The van der Waals surface area contributed by atoms with Crippen LogP contribution in [0.2, 0.25) is 0 Å². The highest BCUT2D eigenvalue weighted by atomic mass is 16.3. The molecule has 3 N–H and O–H groups in total. The van der Waals surface area contributed by atoms with Crippen LogP contribution < -0.4 is 5.32 Å². The van der Waals surface area contributed by atoms with E-state index in [9.17, 15) is 15.0 Å². The average Bonchev–Trinajstić information content (AvgIpc) is 2.86. The molecule has 0 bridgehead atoms. The predicted octanol–water partition coefficient (Wildman–Crippen LogP) is 8.39. The van der Waals surface area contributed by atoms with Crippen LogP contribution in [0.5, 0.6) is 0 Å². The fourth-order valence-corrected chi connectivity index (χ4v) is 4.59. The van der Waals surface area contributed by atoms with Crippen molar-refractivity contribution in [3.05, 3.63) is 12.2 Å². The molecule has 208 valence electrons. The quantitative estimate of drug-likeness (QED) is 0.0791. The van der Waals surface area contributed by atoms with E-state index in [2.05, 4.69) is 19.2 Å². The number of hydrogen-bond donors (Lipinski definition) is 3. The summed E-state index contributed by atoms with van der Waals surface area (Å²) in [6.45, 7) is 4.27. The lowest BCUT2D eigenvalue weighted by molar-refractivity contribution is -0.123. The molecule has 1 amide bonds. The van der Waals surface area contributed by atoms with E-state index < -0.39 is 12.1 Å². The molecule has 0 spiro atoms. The van der Waals surface area contributed by atoms with Gasteiger partial charge in [0.15, 0.2) is 0 Å². The first-order chi connectivity index (χ1) is 17.2. The summed E-state index contributed by atoms with van der Waals surface area (Å²) in [5.41, 5.74) is 0. The van der Waals surface area contributed by atoms with Crippen LogP contribution in [0, 0.1) is 0 Å². The normalized spacial score (nSPS) is 13.4. The number of carbonyl (C=O) groups is 1. The molecule has 4 nitrogen and oxygen atoms in total. The minimum Gasteiger partial charge on any atom is -0.394 e. The minimum absolute atomic E-state index is 0.0670. The first kappa shape index (κ1) is 34.1. The largest absolute Gasteiger partial charge is 0.394 e. The topological polar surface area (TPSA) is 69.6 Å². The molecule has 0 aromatic rings. The molecule has 4 heteroatoms. The van der Waals surface area contributed by atoms with Crippen molar-refractivity contribution >= 4 is 5.91 Å². The van der Waals surface area contributed by atoms with Crippen molar-refractivity contribution in [3.8, 4) is 0 Å². The smallest absolute Gasteiger partial charge is 0.220 e. The van der Waals surface area contributed by atoms with E-state index >= 15 is 0 Å². The fraction of sp³-hybridized carbons (Fsp3) is 0.903. The summed E-state index contributed by atoms with van der Waals surface area (Å²) < 4.78 is 0. The van der Waals surface area contributed by atoms with E-state index in [-0.39, 0.29) is 12.5 Å². The van der Waals surface area contributed by atoms with Crippen molar-refractivity contribution in [1.82, 2.24) is 5.32 Å². The maximum absolute atomic E-state index is 12.2. The molecule has 0 aliphatic heterocycles. The van der Waals surface area contributed by atoms with Gasteiger partial charge in [-0.3, -0.25) is 4.79 Å². The van der Waals surface area contributed by atoms with Gasteiger partial charge in [0.1, 0.15) is 0 Å². The summed E-state index contributed by atoms with van der Waals surface area (Å²) in [4.78, 5) is 12.2. The highest BCUT2D eigenvalue weighted by Gasteiger charge is 2.17. The molecule has 0 saturated carbocycles. The second-order valence-electron chi connectivity index (χ2n) is 10.5. The Balaban J connectivity index is 3.65. The van der Waals surface area contributed by atoms with Crippen LogP contribution >= 0.6 is 0 Å². The summed E-state index contributed by atoms with van der Waals surface area (Å²) in [5.74, 6) is -0.0670. The van der Waals surface area contributed by atoms with Crippen molar-refractivity contribution in [2.45, 2.75) is 174 Å². The van der Waals surface area contributed by atoms with E-state index in [4.69, 9.17) is 0 Å². The monoisotopic (exact) mass is 495 g/mol. The van der Waals surface area contributed by atoms with Gasteiger partial charge in [0, 0.05) is 6.42 Å². The Bertz CT molecular complexity index is 466. The number of nitrogens with one attached hydrogen (secondary N) is 1. The molecule has 35 heavy (non-hydrogen) atoms. The van der Waals surface area contributed by atoms with Crippen molar-refractivity contribution < 1.29 is 15.0 Å². The molecule has 0 fully saturated rings. The van der Waals surface area contributed by atoms with Gasteiger partial charge in [0.25, 0.3) is 0 Å². The first-order valence-electron chi connectivity index (χ1n) is 15.4. The van der Waals surface area contributed by atoms with E-state index in [1.54, 1.807) is 6.08 Å². The molecular weight excluding hydrogens is 434 g/mol. The van der Waals surface area contributed by atoms with Crippen molar-refractivity contribution in [3.63, 3.8) is 0 Å². The lowest BCUT2D eigenvalue weighted by Crippen LogP contribution is -2.45. The first-order valence-corrected chi connectivity index (χ1v) is 15.4. The Kier molecular flexibility index (Phi) is 27.0. The van der Waals surface area contributed by atoms with Crippen molar-refractivity contribution in [1.29, 1.82) is 0 Å². The number of amides is 1. The zero-order valence-electron chi connectivity index (χ0n) is 23.6. The molecule has 0 aromatic heterocycles. The SMILES string of the molecule is CCCCCCCCCC/C=C/[C@@H](O)[C@H](CO)NC(=O)CCCCCCCCCCCCCCC. The van der Waals surface area contributed by atoms with Crippen LogP contribution in [0.1, 0.15) is 162 Å². The molecule has 0 unspecified atom stereocenters. The minimum atomic E-state index is -0.829. The van der Waals surface area contributed by atoms with E-state index in [1.165, 1.54) is 116 Å². The van der Waals surface area contributed by atoms with Crippen LogP contribution in [0.3, 0.4) is 0 Å². The van der Waals surface area contributed by atoms with E-state index in [1.807, 2.05) is 6.08 Å². The molecule has 0 aromatic carbocycles. The van der Waals surface area contributed by atoms with Crippen molar-refractivity contribution in [2.24, 2.45) is 0 Å². The number of aliphatic hydroxyl groups excluding tert-OH is 2. The third kappa shape index (κ3) is 24.6. The fourth-order valence-electron chi connectivity index (χ4n) is 4.59.